The first-order chi connectivity index (χ1) is 11.4. The van der Waals surface area contributed by atoms with E-state index in [1.54, 1.807) is 24.3 Å². The SMILES string of the molecule is NC(=O)c1ccc(NC(=O)CCN2CCCC(O)(CO)CC2)cc1. The summed E-state index contributed by atoms with van der Waals surface area (Å²) in [6, 6.07) is 6.43. The van der Waals surface area contributed by atoms with Gasteiger partial charge in [0.05, 0.1) is 12.2 Å². The summed E-state index contributed by atoms with van der Waals surface area (Å²) in [7, 11) is 0. The van der Waals surface area contributed by atoms with Crippen molar-refractivity contribution in [3.05, 3.63) is 29.8 Å². The number of amides is 2. The lowest BCUT2D eigenvalue weighted by Crippen LogP contribution is -2.35. The number of nitrogens with two attached hydrogens (primary N) is 1. The lowest BCUT2D eigenvalue weighted by molar-refractivity contribution is -0.116. The monoisotopic (exact) mass is 335 g/mol. The summed E-state index contributed by atoms with van der Waals surface area (Å²) in [5.41, 5.74) is 5.20. The molecule has 1 saturated heterocycles. The lowest BCUT2D eigenvalue weighted by Gasteiger charge is -2.24. The average molecular weight is 335 g/mol. The van der Waals surface area contributed by atoms with Gasteiger partial charge in [0, 0.05) is 30.8 Å². The molecule has 1 unspecified atom stereocenters. The number of nitrogens with zero attached hydrogens (tertiary/aromatic N) is 1. The molecule has 1 heterocycles. The van der Waals surface area contributed by atoms with Gasteiger partial charge < -0.3 is 26.2 Å². The van der Waals surface area contributed by atoms with Gasteiger partial charge in [0.15, 0.2) is 0 Å². The zero-order valence-corrected chi connectivity index (χ0v) is 13.7. The summed E-state index contributed by atoms with van der Waals surface area (Å²) >= 11 is 0. The fraction of sp³-hybridized carbons (Fsp3) is 0.529. The van der Waals surface area contributed by atoms with Gasteiger partial charge in [0.2, 0.25) is 11.8 Å². The molecule has 0 spiro atoms. The molecule has 2 amide bonds. The Morgan fingerprint density at radius 1 is 1.21 bits per heavy atom. The summed E-state index contributed by atoms with van der Waals surface area (Å²) in [5, 5.41) is 22.1. The Morgan fingerprint density at radius 3 is 2.54 bits per heavy atom. The molecule has 0 aromatic heterocycles. The van der Waals surface area contributed by atoms with Crippen LogP contribution in [0.15, 0.2) is 24.3 Å². The number of benzene rings is 1. The molecule has 1 aromatic rings. The second-order valence-corrected chi connectivity index (χ2v) is 6.32. The number of aliphatic hydroxyl groups is 2. The van der Waals surface area contributed by atoms with E-state index < -0.39 is 11.5 Å². The van der Waals surface area contributed by atoms with Crippen LogP contribution in [0.1, 0.15) is 36.0 Å². The van der Waals surface area contributed by atoms with E-state index in [0.29, 0.717) is 43.6 Å². The molecule has 5 N–H and O–H groups in total. The molecule has 1 aromatic carbocycles. The third-order valence-corrected chi connectivity index (χ3v) is 4.41. The van der Waals surface area contributed by atoms with Crippen LogP contribution in [-0.2, 0) is 4.79 Å². The van der Waals surface area contributed by atoms with Crippen LogP contribution >= 0.6 is 0 Å². The summed E-state index contributed by atoms with van der Waals surface area (Å²) < 4.78 is 0. The number of carbonyl (C=O) groups excluding carboxylic acids is 2. The minimum Gasteiger partial charge on any atom is -0.393 e. The van der Waals surface area contributed by atoms with Crippen molar-refractivity contribution in [2.75, 3.05) is 31.6 Å². The van der Waals surface area contributed by atoms with E-state index >= 15 is 0 Å². The highest BCUT2D eigenvalue weighted by Crippen LogP contribution is 2.21. The molecule has 1 fully saturated rings. The van der Waals surface area contributed by atoms with E-state index in [0.717, 1.165) is 13.0 Å². The fourth-order valence-electron chi connectivity index (χ4n) is 2.82. The highest BCUT2D eigenvalue weighted by atomic mass is 16.3. The second-order valence-electron chi connectivity index (χ2n) is 6.32. The zero-order chi connectivity index (χ0) is 17.6. The van der Waals surface area contributed by atoms with Gasteiger partial charge in [-0.2, -0.15) is 0 Å². The van der Waals surface area contributed by atoms with Gasteiger partial charge >= 0.3 is 0 Å². The standard InChI is InChI=1S/C17H25N3O4/c18-16(23)13-2-4-14(5-3-13)19-15(22)6-10-20-9-1-7-17(24,12-21)8-11-20/h2-5,21,24H,1,6-12H2,(H2,18,23)(H,19,22). The molecule has 132 valence electrons. The molecule has 0 aliphatic carbocycles. The molecule has 0 saturated carbocycles. The van der Waals surface area contributed by atoms with Crippen molar-refractivity contribution in [1.29, 1.82) is 0 Å². The van der Waals surface area contributed by atoms with E-state index in [2.05, 4.69) is 10.2 Å². The third-order valence-electron chi connectivity index (χ3n) is 4.41. The van der Waals surface area contributed by atoms with E-state index in [1.165, 1.54) is 0 Å². The van der Waals surface area contributed by atoms with Crippen molar-refractivity contribution in [2.45, 2.75) is 31.3 Å². The predicted molar refractivity (Wildman–Crippen MR) is 90.5 cm³/mol. The number of hydrogen-bond donors (Lipinski definition) is 4. The van der Waals surface area contributed by atoms with Crippen molar-refractivity contribution in [2.24, 2.45) is 5.73 Å². The van der Waals surface area contributed by atoms with Crippen molar-refractivity contribution in [3.8, 4) is 0 Å². The predicted octanol–water partition coefficient (Wildman–Crippen LogP) is 0.323. The molecule has 2 rings (SSSR count). The Bertz CT molecular complexity index is 576. The van der Waals surface area contributed by atoms with E-state index in [-0.39, 0.29) is 12.5 Å². The van der Waals surface area contributed by atoms with Gasteiger partial charge in [-0.3, -0.25) is 9.59 Å². The first-order valence-electron chi connectivity index (χ1n) is 8.17. The molecule has 0 bridgehead atoms. The van der Waals surface area contributed by atoms with Crippen molar-refractivity contribution < 1.29 is 19.8 Å². The van der Waals surface area contributed by atoms with Crippen LogP contribution in [0.25, 0.3) is 0 Å². The summed E-state index contributed by atoms with van der Waals surface area (Å²) in [6.07, 6.45) is 2.24. The maximum absolute atomic E-state index is 12.0. The topological polar surface area (TPSA) is 116 Å². The molecule has 1 atom stereocenters. The largest absolute Gasteiger partial charge is 0.393 e. The number of aliphatic hydroxyl groups excluding tert-OH is 1. The summed E-state index contributed by atoms with van der Waals surface area (Å²) in [4.78, 5) is 25.2. The fourth-order valence-corrected chi connectivity index (χ4v) is 2.82. The Kier molecular flexibility index (Phi) is 6.30. The third kappa shape index (κ3) is 5.30. The van der Waals surface area contributed by atoms with Crippen LogP contribution < -0.4 is 11.1 Å². The Balaban J connectivity index is 1.77. The van der Waals surface area contributed by atoms with E-state index in [4.69, 9.17) is 5.73 Å². The highest BCUT2D eigenvalue weighted by molar-refractivity contribution is 5.94. The van der Waals surface area contributed by atoms with Gasteiger partial charge in [-0.15, -0.1) is 0 Å². The van der Waals surface area contributed by atoms with Crippen LogP contribution in [0.5, 0.6) is 0 Å². The van der Waals surface area contributed by atoms with Crippen molar-refractivity contribution >= 4 is 17.5 Å². The molecule has 24 heavy (non-hydrogen) atoms. The Morgan fingerprint density at radius 2 is 1.92 bits per heavy atom. The summed E-state index contributed by atoms with van der Waals surface area (Å²) in [5.74, 6) is -0.611. The minimum atomic E-state index is -0.987. The first kappa shape index (κ1) is 18.4. The van der Waals surface area contributed by atoms with Gasteiger partial charge in [0.1, 0.15) is 0 Å². The van der Waals surface area contributed by atoms with Crippen LogP contribution in [0.4, 0.5) is 5.69 Å². The molecular weight excluding hydrogens is 310 g/mol. The van der Waals surface area contributed by atoms with E-state index in [9.17, 15) is 19.8 Å². The molecule has 0 radical (unpaired) electrons. The van der Waals surface area contributed by atoms with Crippen LogP contribution in [0.2, 0.25) is 0 Å². The number of anilines is 1. The van der Waals surface area contributed by atoms with E-state index in [1.807, 2.05) is 0 Å². The molecule has 7 heteroatoms. The van der Waals surface area contributed by atoms with Crippen LogP contribution in [0, 0.1) is 0 Å². The molecule has 7 nitrogen and oxygen atoms in total. The number of primary amides is 1. The second kappa shape index (κ2) is 8.23. The normalized spacial score (nSPS) is 21.9. The summed E-state index contributed by atoms with van der Waals surface area (Å²) in [6.45, 7) is 1.86. The first-order valence-corrected chi connectivity index (χ1v) is 8.17. The maximum Gasteiger partial charge on any atom is 0.248 e. The number of hydrogen-bond acceptors (Lipinski definition) is 5. The molecule has 1 aliphatic rings. The number of likely N-dealkylation sites (tertiary alicyclic amines) is 1. The number of nitrogens with one attached hydrogen (secondary N) is 1. The van der Waals surface area contributed by atoms with Crippen LogP contribution in [-0.4, -0.2) is 58.8 Å². The van der Waals surface area contributed by atoms with Gasteiger partial charge in [-0.1, -0.05) is 0 Å². The number of carbonyl (C=O) groups is 2. The average Bonchev–Trinajstić information content (AvgIpc) is 2.76. The molecular formula is C17H25N3O4. The van der Waals surface area contributed by atoms with Gasteiger partial charge in [-0.05, 0) is 50.1 Å². The van der Waals surface area contributed by atoms with Crippen LogP contribution in [0.3, 0.4) is 0 Å². The van der Waals surface area contributed by atoms with Gasteiger partial charge in [0.25, 0.3) is 0 Å². The maximum atomic E-state index is 12.0. The Labute approximate surface area is 141 Å². The lowest BCUT2D eigenvalue weighted by atomic mass is 9.96. The van der Waals surface area contributed by atoms with Crippen molar-refractivity contribution in [3.63, 3.8) is 0 Å². The Hall–Kier alpha value is -1.96. The smallest absolute Gasteiger partial charge is 0.248 e. The minimum absolute atomic E-state index is 0.108. The highest BCUT2D eigenvalue weighted by Gasteiger charge is 2.29. The quantitative estimate of drug-likeness (QED) is 0.598. The van der Waals surface area contributed by atoms with Gasteiger partial charge in [-0.25, -0.2) is 0 Å². The zero-order valence-electron chi connectivity index (χ0n) is 13.7. The molecule has 1 aliphatic heterocycles. The number of rotatable bonds is 6. The van der Waals surface area contributed by atoms with Crippen molar-refractivity contribution in [1.82, 2.24) is 4.90 Å².